The van der Waals surface area contributed by atoms with Gasteiger partial charge in [-0.3, -0.25) is 14.4 Å². The minimum atomic E-state index is -1.54. The van der Waals surface area contributed by atoms with Crippen molar-refractivity contribution in [3.8, 4) is 0 Å². The van der Waals surface area contributed by atoms with Gasteiger partial charge in [0.15, 0.2) is 6.04 Å². The third-order valence-corrected chi connectivity index (χ3v) is 6.01. The second-order valence-electron chi connectivity index (χ2n) is 8.67. The summed E-state index contributed by atoms with van der Waals surface area (Å²) < 4.78 is 0. The van der Waals surface area contributed by atoms with Crippen molar-refractivity contribution in [2.24, 2.45) is 5.73 Å². The number of aliphatic hydroxyl groups is 1. The molecule has 1 aliphatic heterocycles. The highest BCUT2D eigenvalue weighted by atomic mass is 16.4. The summed E-state index contributed by atoms with van der Waals surface area (Å²) in [6.07, 6.45) is 1.50. The van der Waals surface area contributed by atoms with Crippen molar-refractivity contribution in [3.05, 3.63) is 36.0 Å². The highest BCUT2D eigenvalue weighted by Crippen LogP contribution is 2.21. The highest BCUT2D eigenvalue weighted by molar-refractivity contribution is 5.95. The third-order valence-electron chi connectivity index (χ3n) is 6.01. The summed E-state index contributed by atoms with van der Waals surface area (Å²) in [6.45, 7) is 3.19. The van der Waals surface area contributed by atoms with E-state index >= 15 is 0 Å². The largest absolute Gasteiger partial charge is 0.480 e. The molecule has 5 unspecified atom stereocenters. The number of rotatable bonds is 9. The van der Waals surface area contributed by atoms with Crippen LogP contribution >= 0.6 is 0 Å². The third kappa shape index (κ3) is 5.54. The standard InChI is InChI=1S/C23H31N5O6/c1-12(24)22(32)28-9-5-8-18(28)21(31)26-17(20(30)27-19(13(2)29)23(33)34)10-14-11-25-16-7-4-3-6-15(14)16/h3-4,6-7,11-13,17-19,25,29H,5,8-10,24H2,1-2H3,(H,26,31)(H,27,30)(H,33,34). The van der Waals surface area contributed by atoms with E-state index in [-0.39, 0.29) is 12.3 Å². The molecule has 2 aromatic rings. The highest BCUT2D eigenvalue weighted by Gasteiger charge is 2.37. The Balaban J connectivity index is 1.85. The van der Waals surface area contributed by atoms with Gasteiger partial charge in [-0.05, 0) is 38.3 Å². The Labute approximate surface area is 196 Å². The lowest BCUT2D eigenvalue weighted by atomic mass is 10.0. The van der Waals surface area contributed by atoms with Crippen molar-refractivity contribution in [3.63, 3.8) is 0 Å². The van der Waals surface area contributed by atoms with Gasteiger partial charge in [0.1, 0.15) is 12.1 Å². The van der Waals surface area contributed by atoms with E-state index in [4.69, 9.17) is 5.73 Å². The summed E-state index contributed by atoms with van der Waals surface area (Å²) in [5.74, 6) is -3.02. The number of fused-ring (bicyclic) bond motifs is 1. The molecule has 184 valence electrons. The first kappa shape index (κ1) is 25.2. The lowest BCUT2D eigenvalue weighted by Gasteiger charge is -2.28. The molecule has 1 aromatic heterocycles. The molecular formula is C23H31N5O6. The van der Waals surface area contributed by atoms with Gasteiger partial charge in [0.05, 0.1) is 12.1 Å². The average molecular weight is 474 g/mol. The predicted octanol–water partition coefficient (Wildman–Crippen LogP) is -0.516. The molecule has 0 bridgehead atoms. The number of para-hydroxylation sites is 1. The maximum absolute atomic E-state index is 13.1. The first-order chi connectivity index (χ1) is 16.1. The van der Waals surface area contributed by atoms with Gasteiger partial charge in [0, 0.05) is 30.1 Å². The molecule has 1 aliphatic rings. The molecule has 1 fully saturated rings. The number of carboxylic acids is 1. The van der Waals surface area contributed by atoms with Crippen molar-refractivity contribution in [2.75, 3.05) is 6.54 Å². The Bertz CT molecular complexity index is 1070. The van der Waals surface area contributed by atoms with Gasteiger partial charge in [-0.25, -0.2) is 4.79 Å². The quantitative estimate of drug-likeness (QED) is 0.284. The first-order valence-corrected chi connectivity index (χ1v) is 11.2. The van der Waals surface area contributed by atoms with E-state index in [0.29, 0.717) is 19.4 Å². The van der Waals surface area contributed by atoms with E-state index in [2.05, 4.69) is 15.6 Å². The van der Waals surface area contributed by atoms with Gasteiger partial charge in [-0.2, -0.15) is 0 Å². The summed E-state index contributed by atoms with van der Waals surface area (Å²) in [5.41, 5.74) is 7.30. The molecule has 34 heavy (non-hydrogen) atoms. The molecule has 0 radical (unpaired) electrons. The second-order valence-corrected chi connectivity index (χ2v) is 8.67. The number of amides is 3. The maximum atomic E-state index is 13.1. The Morgan fingerprint density at radius 1 is 1.21 bits per heavy atom. The Hall–Kier alpha value is -3.44. The number of benzene rings is 1. The number of carbonyl (C=O) groups is 4. The van der Waals surface area contributed by atoms with E-state index in [1.165, 1.54) is 11.8 Å². The molecule has 0 spiro atoms. The molecule has 11 nitrogen and oxygen atoms in total. The average Bonchev–Trinajstić information content (AvgIpc) is 3.43. The Morgan fingerprint density at radius 3 is 2.56 bits per heavy atom. The summed E-state index contributed by atoms with van der Waals surface area (Å²) >= 11 is 0. The Kier molecular flexibility index (Phi) is 7.90. The van der Waals surface area contributed by atoms with Crippen LogP contribution in [0.25, 0.3) is 10.9 Å². The van der Waals surface area contributed by atoms with Crippen LogP contribution in [0.1, 0.15) is 32.3 Å². The van der Waals surface area contributed by atoms with E-state index in [1.807, 2.05) is 24.3 Å². The summed E-state index contributed by atoms with van der Waals surface area (Å²) in [7, 11) is 0. The number of aliphatic carboxylic acids is 1. The van der Waals surface area contributed by atoms with Crippen LogP contribution in [-0.4, -0.2) is 80.6 Å². The number of likely N-dealkylation sites (tertiary alicyclic amines) is 1. The van der Waals surface area contributed by atoms with Crippen molar-refractivity contribution < 1.29 is 29.4 Å². The van der Waals surface area contributed by atoms with E-state index in [1.54, 1.807) is 13.1 Å². The van der Waals surface area contributed by atoms with Crippen LogP contribution in [0, 0.1) is 0 Å². The lowest BCUT2D eigenvalue weighted by molar-refractivity contribution is -0.145. The van der Waals surface area contributed by atoms with Gasteiger partial charge >= 0.3 is 5.97 Å². The van der Waals surface area contributed by atoms with Crippen LogP contribution in [0.15, 0.2) is 30.5 Å². The molecule has 5 atom stereocenters. The van der Waals surface area contributed by atoms with Gasteiger partial charge in [0.2, 0.25) is 17.7 Å². The number of carbonyl (C=O) groups excluding carboxylic acids is 3. The van der Waals surface area contributed by atoms with E-state index in [0.717, 1.165) is 16.5 Å². The van der Waals surface area contributed by atoms with Crippen LogP contribution in [0.3, 0.4) is 0 Å². The van der Waals surface area contributed by atoms with Crippen molar-refractivity contribution in [2.45, 2.75) is 63.4 Å². The molecule has 0 aliphatic carbocycles. The van der Waals surface area contributed by atoms with Crippen molar-refractivity contribution >= 4 is 34.6 Å². The SMILES string of the molecule is CC(N)C(=O)N1CCCC1C(=O)NC(Cc1c[nH]c2ccccc12)C(=O)NC(C(=O)O)C(C)O. The van der Waals surface area contributed by atoms with Crippen molar-refractivity contribution in [1.29, 1.82) is 0 Å². The second kappa shape index (κ2) is 10.7. The molecular weight excluding hydrogens is 442 g/mol. The number of hydrogen-bond acceptors (Lipinski definition) is 6. The number of aromatic nitrogens is 1. The molecule has 7 N–H and O–H groups in total. The molecule has 3 rings (SSSR count). The zero-order valence-electron chi connectivity index (χ0n) is 19.2. The van der Waals surface area contributed by atoms with Crippen LogP contribution in [0.5, 0.6) is 0 Å². The summed E-state index contributed by atoms with van der Waals surface area (Å²) in [5, 5.41) is 25.0. The van der Waals surface area contributed by atoms with Crippen LogP contribution < -0.4 is 16.4 Å². The number of nitrogens with two attached hydrogens (primary N) is 1. The number of nitrogens with one attached hydrogen (secondary N) is 3. The Morgan fingerprint density at radius 2 is 1.91 bits per heavy atom. The number of carboxylic acid groups (broad SMARTS) is 1. The van der Waals surface area contributed by atoms with Crippen LogP contribution in [0.2, 0.25) is 0 Å². The number of aromatic amines is 1. The van der Waals surface area contributed by atoms with Gasteiger partial charge in [-0.1, -0.05) is 18.2 Å². The van der Waals surface area contributed by atoms with E-state index < -0.39 is 48.1 Å². The zero-order valence-corrected chi connectivity index (χ0v) is 19.2. The smallest absolute Gasteiger partial charge is 0.328 e. The van der Waals surface area contributed by atoms with E-state index in [9.17, 15) is 29.4 Å². The van der Waals surface area contributed by atoms with Gasteiger partial charge in [0.25, 0.3) is 0 Å². The molecule has 1 aromatic carbocycles. The topological polar surface area (TPSA) is 178 Å². The van der Waals surface area contributed by atoms with Gasteiger partial charge in [-0.15, -0.1) is 0 Å². The molecule has 3 amide bonds. The lowest BCUT2D eigenvalue weighted by Crippen LogP contribution is -2.58. The number of nitrogens with zero attached hydrogens (tertiary/aromatic N) is 1. The minimum Gasteiger partial charge on any atom is -0.480 e. The van der Waals surface area contributed by atoms with Crippen LogP contribution in [-0.2, 0) is 25.6 Å². The maximum Gasteiger partial charge on any atom is 0.328 e. The fourth-order valence-electron chi connectivity index (χ4n) is 4.20. The number of aliphatic hydroxyl groups excluding tert-OH is 1. The molecule has 2 heterocycles. The fourth-order valence-corrected chi connectivity index (χ4v) is 4.20. The molecule has 11 heteroatoms. The summed E-state index contributed by atoms with van der Waals surface area (Å²) in [6, 6.07) is 3.22. The molecule has 0 saturated carbocycles. The minimum absolute atomic E-state index is 0.0711. The molecule has 1 saturated heterocycles. The van der Waals surface area contributed by atoms with Crippen molar-refractivity contribution in [1.82, 2.24) is 20.5 Å². The normalized spacial score (nSPS) is 19.3. The number of hydrogen-bond donors (Lipinski definition) is 6. The number of H-pyrrole nitrogens is 1. The first-order valence-electron chi connectivity index (χ1n) is 11.2. The fraction of sp³-hybridized carbons (Fsp3) is 0.478. The van der Waals surface area contributed by atoms with Gasteiger partial charge < -0.3 is 36.5 Å². The summed E-state index contributed by atoms with van der Waals surface area (Å²) in [4.78, 5) is 54.7. The predicted molar refractivity (Wildman–Crippen MR) is 124 cm³/mol. The van der Waals surface area contributed by atoms with Crippen LogP contribution in [0.4, 0.5) is 0 Å². The monoisotopic (exact) mass is 473 g/mol. The zero-order chi connectivity index (χ0) is 25.0.